The molecule has 1 heterocycles. The summed E-state index contributed by atoms with van der Waals surface area (Å²) in [6, 6.07) is 5.77. The summed E-state index contributed by atoms with van der Waals surface area (Å²) < 4.78 is 13.3. The van der Waals surface area contributed by atoms with E-state index in [1.165, 1.54) is 102 Å². The van der Waals surface area contributed by atoms with Crippen molar-refractivity contribution < 1.29 is 9.47 Å². The van der Waals surface area contributed by atoms with Crippen LogP contribution in [-0.2, 0) is 21.0 Å². The minimum absolute atomic E-state index is 0.307. The molecule has 1 aliphatic heterocycles. The molecule has 2 atom stereocenters. The molecule has 2 nitrogen and oxygen atoms in total. The Kier molecular flexibility index (Phi) is 5.05. The van der Waals surface area contributed by atoms with E-state index in [2.05, 4.69) is 19.1 Å². The van der Waals surface area contributed by atoms with Gasteiger partial charge in [-0.15, -0.1) is 0 Å². The van der Waals surface area contributed by atoms with Crippen molar-refractivity contribution in [3.05, 3.63) is 28.8 Å². The third-order valence-electron chi connectivity index (χ3n) is 16.2. The summed E-state index contributed by atoms with van der Waals surface area (Å²) in [5.74, 6) is 10.3. The van der Waals surface area contributed by atoms with Crippen LogP contribution >= 0.6 is 0 Å². The van der Waals surface area contributed by atoms with E-state index in [1.54, 1.807) is 30.4 Å². The second kappa shape index (κ2) is 8.41. The predicted molar refractivity (Wildman–Crippen MR) is 166 cm³/mol. The average Bonchev–Trinajstić information content (AvgIpc) is 3.64. The Morgan fingerprint density at radius 2 is 0.857 bits per heavy atom. The van der Waals surface area contributed by atoms with Crippen molar-refractivity contribution in [1.82, 2.24) is 0 Å². The molecule has 0 spiro atoms. The quantitative estimate of drug-likeness (QED) is 0.320. The van der Waals surface area contributed by atoms with Gasteiger partial charge in [0.1, 0.15) is 18.5 Å². The SMILES string of the molecule is CC1OC1COc1c(C23CC4CC(CC(C4)C2)C3)cc(C23CC4CC(CC(C4)C2)C3)cc1C12CC3CC(CC(C3)C1)C2. The fourth-order valence-corrected chi connectivity index (χ4v) is 15.8. The lowest BCUT2D eigenvalue weighted by molar-refractivity contribution is -0.0135. The number of epoxide rings is 1. The number of ether oxygens (including phenoxy) is 2. The molecular weight excluding hydrogens is 512 g/mol. The van der Waals surface area contributed by atoms with Gasteiger partial charge in [0.05, 0.1) is 6.10 Å². The zero-order valence-corrected chi connectivity index (χ0v) is 26.3. The van der Waals surface area contributed by atoms with Gasteiger partial charge in [-0.25, -0.2) is 0 Å². The van der Waals surface area contributed by atoms with Crippen LogP contribution in [-0.4, -0.2) is 18.8 Å². The van der Waals surface area contributed by atoms with E-state index < -0.39 is 0 Å². The van der Waals surface area contributed by atoms with Gasteiger partial charge in [-0.05, 0) is 198 Å². The molecule has 2 heteroatoms. The van der Waals surface area contributed by atoms with Crippen LogP contribution in [0.25, 0.3) is 0 Å². The van der Waals surface area contributed by atoms with Crippen molar-refractivity contribution in [2.24, 2.45) is 53.3 Å². The molecule has 1 aromatic carbocycles. The summed E-state index contributed by atoms with van der Waals surface area (Å²) in [6.45, 7) is 3.01. The third-order valence-corrected chi connectivity index (χ3v) is 16.2. The highest BCUT2D eigenvalue weighted by Gasteiger charge is 2.58. The first-order valence-electron chi connectivity index (χ1n) is 18.9. The predicted octanol–water partition coefficient (Wildman–Crippen LogP) is 9.26. The number of hydrogen-bond donors (Lipinski definition) is 0. The van der Waals surface area contributed by atoms with Gasteiger partial charge in [0.15, 0.2) is 0 Å². The molecule has 12 bridgehead atoms. The molecule has 13 aliphatic rings. The maximum atomic E-state index is 7.29. The van der Waals surface area contributed by atoms with Crippen molar-refractivity contribution in [3.63, 3.8) is 0 Å². The van der Waals surface area contributed by atoms with E-state index >= 15 is 0 Å². The molecule has 2 unspecified atom stereocenters. The van der Waals surface area contributed by atoms with Gasteiger partial charge in [-0.3, -0.25) is 0 Å². The van der Waals surface area contributed by atoms with Crippen molar-refractivity contribution in [1.29, 1.82) is 0 Å². The Morgan fingerprint density at radius 1 is 0.548 bits per heavy atom. The van der Waals surface area contributed by atoms with Crippen LogP contribution in [0, 0.1) is 53.3 Å². The minimum atomic E-state index is 0.307. The van der Waals surface area contributed by atoms with Crippen LogP contribution < -0.4 is 4.74 Å². The number of rotatable bonds is 6. The lowest BCUT2D eigenvalue weighted by Gasteiger charge is -2.60. The highest BCUT2D eigenvalue weighted by atomic mass is 16.6. The van der Waals surface area contributed by atoms with Crippen molar-refractivity contribution in [3.8, 4) is 5.75 Å². The van der Waals surface area contributed by atoms with Gasteiger partial charge < -0.3 is 9.47 Å². The lowest BCUT2D eigenvalue weighted by Crippen LogP contribution is -2.51. The van der Waals surface area contributed by atoms with Crippen LogP contribution in [0.3, 0.4) is 0 Å². The van der Waals surface area contributed by atoms with E-state index in [-0.39, 0.29) is 0 Å². The Morgan fingerprint density at radius 3 is 1.17 bits per heavy atom. The zero-order valence-electron chi connectivity index (χ0n) is 26.3. The maximum Gasteiger partial charge on any atom is 0.126 e. The first-order valence-corrected chi connectivity index (χ1v) is 18.9. The molecule has 1 saturated heterocycles. The highest BCUT2D eigenvalue weighted by molar-refractivity contribution is 5.55. The molecule has 13 fully saturated rings. The van der Waals surface area contributed by atoms with Crippen LogP contribution in [0.2, 0.25) is 0 Å². The molecule has 0 aromatic heterocycles. The lowest BCUT2D eigenvalue weighted by atomic mass is 9.45. The molecule has 226 valence electrons. The van der Waals surface area contributed by atoms with Crippen LogP contribution in [0.1, 0.15) is 139 Å². The van der Waals surface area contributed by atoms with E-state index in [9.17, 15) is 0 Å². The molecule has 1 aromatic rings. The van der Waals surface area contributed by atoms with Crippen molar-refractivity contribution in [2.75, 3.05) is 6.61 Å². The number of hydrogen-bond acceptors (Lipinski definition) is 2. The summed E-state index contributed by atoms with van der Waals surface area (Å²) >= 11 is 0. The topological polar surface area (TPSA) is 21.8 Å². The third kappa shape index (κ3) is 3.60. The maximum absolute atomic E-state index is 7.29. The van der Waals surface area contributed by atoms with Gasteiger partial charge in [0.25, 0.3) is 0 Å². The second-order valence-electron chi connectivity index (χ2n) is 19.2. The summed E-state index contributed by atoms with van der Waals surface area (Å²) in [4.78, 5) is 0. The molecule has 12 saturated carbocycles. The van der Waals surface area contributed by atoms with Gasteiger partial charge in [-0.2, -0.15) is 0 Å². The fraction of sp³-hybridized carbons (Fsp3) is 0.850. The van der Waals surface area contributed by atoms with E-state index in [4.69, 9.17) is 9.47 Å². The Balaban J connectivity index is 1.12. The van der Waals surface area contributed by atoms with Crippen molar-refractivity contribution in [2.45, 2.75) is 151 Å². The summed E-state index contributed by atoms with van der Waals surface area (Å²) in [5, 5.41) is 0. The molecule has 14 rings (SSSR count). The summed E-state index contributed by atoms with van der Waals surface area (Å²) in [6.07, 6.45) is 27.7. The fourth-order valence-electron chi connectivity index (χ4n) is 15.8. The zero-order chi connectivity index (χ0) is 27.4. The van der Waals surface area contributed by atoms with Crippen LogP contribution in [0.4, 0.5) is 0 Å². The first-order chi connectivity index (χ1) is 20.4. The Bertz CT molecular complexity index is 1130. The van der Waals surface area contributed by atoms with Gasteiger partial charge in [0, 0.05) is 11.1 Å². The van der Waals surface area contributed by atoms with Gasteiger partial charge >= 0.3 is 0 Å². The largest absolute Gasteiger partial charge is 0.490 e. The molecule has 42 heavy (non-hydrogen) atoms. The summed E-state index contributed by atoms with van der Waals surface area (Å²) in [7, 11) is 0. The van der Waals surface area contributed by atoms with E-state index in [0.29, 0.717) is 28.5 Å². The molecule has 0 amide bonds. The van der Waals surface area contributed by atoms with Gasteiger partial charge in [0.2, 0.25) is 0 Å². The Labute approximate surface area is 254 Å². The van der Waals surface area contributed by atoms with E-state index in [1.807, 2.05) is 5.56 Å². The monoisotopic (exact) mass is 566 g/mol. The smallest absolute Gasteiger partial charge is 0.126 e. The molecular formula is C40H54O2. The van der Waals surface area contributed by atoms with Gasteiger partial charge in [-0.1, -0.05) is 12.1 Å². The Hall–Kier alpha value is -1.02. The highest BCUT2D eigenvalue weighted by Crippen LogP contribution is 2.68. The molecule has 0 N–H and O–H groups in total. The number of benzene rings is 1. The molecule has 12 aliphatic carbocycles. The normalized spacial score (nSPS) is 55.5. The second-order valence-corrected chi connectivity index (χ2v) is 19.2. The van der Waals surface area contributed by atoms with Crippen LogP contribution in [0.15, 0.2) is 12.1 Å². The molecule has 0 radical (unpaired) electrons. The average molecular weight is 567 g/mol. The summed E-state index contributed by atoms with van der Waals surface area (Å²) in [5.41, 5.74) is 6.55. The minimum Gasteiger partial charge on any atom is -0.490 e. The first kappa shape index (κ1) is 25.2. The van der Waals surface area contributed by atoms with Crippen LogP contribution in [0.5, 0.6) is 5.75 Å². The van der Waals surface area contributed by atoms with Crippen molar-refractivity contribution >= 4 is 0 Å². The van der Waals surface area contributed by atoms with E-state index in [0.717, 1.165) is 59.9 Å². The standard InChI is InChI=1S/C40H54O2/c1-23-36(42-23)22-41-37-34(39-16-27-5-28(17-39)7-29(6-27)18-39)11-33(38-13-24-2-25(14-38)4-26(3-24)15-38)12-35(37)40-19-30-8-31(20-40)10-32(9-30)21-40/h11-12,23-32,36H,2-10,13-22H2,1H3.